The van der Waals surface area contributed by atoms with Crippen LogP contribution in [0.2, 0.25) is 0 Å². The molecule has 0 amide bonds. The molecular weight excluding hydrogens is 250 g/mol. The highest BCUT2D eigenvalue weighted by atomic mass is 16.5. The van der Waals surface area contributed by atoms with E-state index >= 15 is 0 Å². The van der Waals surface area contributed by atoms with E-state index in [1.54, 1.807) is 7.11 Å². The van der Waals surface area contributed by atoms with Crippen LogP contribution in [0.15, 0.2) is 0 Å². The van der Waals surface area contributed by atoms with Gasteiger partial charge < -0.3 is 9.84 Å². The van der Waals surface area contributed by atoms with Crippen LogP contribution in [-0.2, 0) is 4.74 Å². The molecule has 0 unspecified atom stereocenters. The number of nitrogens with zero attached hydrogens (tertiary/aromatic N) is 1. The van der Waals surface area contributed by atoms with E-state index in [1.165, 1.54) is 51.4 Å². The third-order valence-electron chi connectivity index (χ3n) is 4.09. The summed E-state index contributed by atoms with van der Waals surface area (Å²) in [4.78, 5) is 2.35. The second-order valence-electron chi connectivity index (χ2n) is 6.43. The van der Waals surface area contributed by atoms with Gasteiger partial charge in [-0.25, -0.2) is 0 Å². The lowest BCUT2D eigenvalue weighted by atomic mass is 10.0. The van der Waals surface area contributed by atoms with Crippen molar-refractivity contribution in [2.24, 2.45) is 0 Å². The first kappa shape index (κ1) is 19.9. The summed E-state index contributed by atoms with van der Waals surface area (Å²) in [6, 6.07) is 0. The van der Waals surface area contributed by atoms with Gasteiger partial charge in [0.15, 0.2) is 0 Å². The highest BCUT2D eigenvalue weighted by Crippen LogP contribution is 2.15. The van der Waals surface area contributed by atoms with Gasteiger partial charge >= 0.3 is 0 Å². The minimum absolute atomic E-state index is 0.139. The number of hydrogen-bond acceptors (Lipinski definition) is 3. The van der Waals surface area contributed by atoms with Gasteiger partial charge in [0.05, 0.1) is 13.2 Å². The average Bonchev–Trinajstić information content (AvgIpc) is 2.44. The monoisotopic (exact) mass is 287 g/mol. The van der Waals surface area contributed by atoms with Crippen LogP contribution in [0.25, 0.3) is 0 Å². The molecule has 0 aliphatic heterocycles. The van der Waals surface area contributed by atoms with Crippen molar-refractivity contribution in [3.8, 4) is 0 Å². The molecule has 0 aromatic rings. The van der Waals surface area contributed by atoms with Gasteiger partial charge in [-0.2, -0.15) is 0 Å². The summed E-state index contributed by atoms with van der Waals surface area (Å²) in [5.74, 6) is 0. The summed E-state index contributed by atoms with van der Waals surface area (Å²) in [6.45, 7) is 9.37. The molecule has 0 radical (unpaired) electrons. The number of aliphatic hydroxyl groups is 1. The standard InChI is InChI=1S/C17H37NO2/c1-5-6-7-8-9-10-11-12-13-18(14-15-20-4)17(2,3)16-19/h19H,5-16H2,1-4H3. The van der Waals surface area contributed by atoms with E-state index in [-0.39, 0.29) is 12.1 Å². The first-order valence-electron chi connectivity index (χ1n) is 8.43. The zero-order valence-corrected chi connectivity index (χ0v) is 14.3. The second-order valence-corrected chi connectivity index (χ2v) is 6.43. The fourth-order valence-electron chi connectivity index (χ4n) is 2.46. The number of hydrogen-bond donors (Lipinski definition) is 1. The molecule has 0 aliphatic rings. The number of aliphatic hydroxyl groups excluding tert-OH is 1. The largest absolute Gasteiger partial charge is 0.394 e. The zero-order chi connectivity index (χ0) is 15.3. The molecule has 20 heavy (non-hydrogen) atoms. The smallest absolute Gasteiger partial charge is 0.0610 e. The topological polar surface area (TPSA) is 32.7 Å². The van der Waals surface area contributed by atoms with Gasteiger partial charge in [-0.05, 0) is 26.8 Å². The van der Waals surface area contributed by atoms with Gasteiger partial charge in [0.1, 0.15) is 0 Å². The van der Waals surface area contributed by atoms with Crippen LogP contribution in [0.3, 0.4) is 0 Å². The highest BCUT2D eigenvalue weighted by molar-refractivity contribution is 4.80. The van der Waals surface area contributed by atoms with E-state index in [4.69, 9.17) is 4.74 Å². The lowest BCUT2D eigenvalue weighted by Gasteiger charge is -2.37. The minimum Gasteiger partial charge on any atom is -0.394 e. The Labute approximate surface area is 126 Å². The Morgan fingerprint density at radius 1 is 0.900 bits per heavy atom. The molecule has 0 spiro atoms. The van der Waals surface area contributed by atoms with Crippen molar-refractivity contribution in [3.05, 3.63) is 0 Å². The van der Waals surface area contributed by atoms with Gasteiger partial charge in [0, 0.05) is 19.2 Å². The first-order valence-corrected chi connectivity index (χ1v) is 8.43. The molecule has 0 rings (SSSR count). The highest BCUT2D eigenvalue weighted by Gasteiger charge is 2.24. The number of rotatable bonds is 14. The molecule has 0 bridgehead atoms. The maximum absolute atomic E-state index is 9.50. The number of methoxy groups -OCH3 is 1. The molecule has 1 N–H and O–H groups in total. The zero-order valence-electron chi connectivity index (χ0n) is 14.3. The van der Waals surface area contributed by atoms with Crippen molar-refractivity contribution >= 4 is 0 Å². The fraction of sp³-hybridized carbons (Fsp3) is 1.00. The summed E-state index contributed by atoms with van der Waals surface area (Å²) in [6.07, 6.45) is 10.7. The van der Waals surface area contributed by atoms with Crippen LogP contribution in [0, 0.1) is 0 Å². The normalized spacial score (nSPS) is 12.3. The van der Waals surface area contributed by atoms with Crippen LogP contribution in [0.4, 0.5) is 0 Å². The predicted molar refractivity (Wildman–Crippen MR) is 87.2 cm³/mol. The summed E-state index contributed by atoms with van der Waals surface area (Å²) in [7, 11) is 1.74. The molecule has 0 fully saturated rings. The Kier molecular flexibility index (Phi) is 12.5. The van der Waals surface area contributed by atoms with Crippen molar-refractivity contribution < 1.29 is 9.84 Å². The van der Waals surface area contributed by atoms with E-state index < -0.39 is 0 Å². The van der Waals surface area contributed by atoms with Gasteiger partial charge in [-0.15, -0.1) is 0 Å². The summed E-state index contributed by atoms with van der Waals surface area (Å²) in [5.41, 5.74) is -0.139. The van der Waals surface area contributed by atoms with E-state index in [9.17, 15) is 5.11 Å². The Bertz CT molecular complexity index is 207. The average molecular weight is 287 g/mol. The summed E-state index contributed by atoms with van der Waals surface area (Å²) < 4.78 is 5.17. The molecule has 0 heterocycles. The number of ether oxygens (including phenoxy) is 1. The van der Waals surface area contributed by atoms with Gasteiger partial charge in [0.2, 0.25) is 0 Å². The maximum atomic E-state index is 9.50. The Morgan fingerprint density at radius 3 is 1.95 bits per heavy atom. The van der Waals surface area contributed by atoms with Crippen LogP contribution in [0.1, 0.15) is 72.1 Å². The summed E-state index contributed by atoms with van der Waals surface area (Å²) >= 11 is 0. The Hall–Kier alpha value is -0.120. The molecule has 0 saturated heterocycles. The first-order chi connectivity index (χ1) is 9.58. The van der Waals surface area contributed by atoms with Crippen molar-refractivity contribution in [1.29, 1.82) is 0 Å². The lowest BCUT2D eigenvalue weighted by molar-refractivity contribution is 0.0345. The third kappa shape index (κ3) is 9.73. The van der Waals surface area contributed by atoms with E-state index in [0.29, 0.717) is 0 Å². The molecule has 3 heteroatoms. The van der Waals surface area contributed by atoms with Crippen molar-refractivity contribution in [1.82, 2.24) is 4.90 Å². The van der Waals surface area contributed by atoms with E-state index in [1.807, 2.05) is 0 Å². The maximum Gasteiger partial charge on any atom is 0.0610 e. The molecule has 122 valence electrons. The SMILES string of the molecule is CCCCCCCCCCN(CCOC)C(C)(C)CO. The predicted octanol–water partition coefficient (Wildman–Crippen LogP) is 3.85. The molecule has 0 atom stereocenters. The van der Waals surface area contributed by atoms with Crippen LogP contribution >= 0.6 is 0 Å². The Morgan fingerprint density at radius 2 is 1.45 bits per heavy atom. The van der Waals surface area contributed by atoms with Crippen molar-refractivity contribution in [3.63, 3.8) is 0 Å². The third-order valence-corrected chi connectivity index (χ3v) is 4.09. The van der Waals surface area contributed by atoms with E-state index in [0.717, 1.165) is 19.7 Å². The Balaban J connectivity index is 3.74. The van der Waals surface area contributed by atoms with Gasteiger partial charge in [-0.1, -0.05) is 51.9 Å². The molecule has 0 aromatic carbocycles. The van der Waals surface area contributed by atoms with Crippen LogP contribution < -0.4 is 0 Å². The summed E-state index contributed by atoms with van der Waals surface area (Å²) in [5, 5.41) is 9.50. The molecule has 0 aliphatic carbocycles. The van der Waals surface area contributed by atoms with Crippen LogP contribution in [-0.4, -0.2) is 49.0 Å². The second kappa shape index (κ2) is 12.6. The molecule has 0 aromatic heterocycles. The van der Waals surface area contributed by atoms with Crippen molar-refractivity contribution in [2.75, 3.05) is 33.4 Å². The fourth-order valence-corrected chi connectivity index (χ4v) is 2.46. The molecule has 3 nitrogen and oxygen atoms in total. The minimum atomic E-state index is -0.139. The molecular formula is C17H37NO2. The van der Waals surface area contributed by atoms with Crippen LogP contribution in [0.5, 0.6) is 0 Å². The molecule has 0 saturated carbocycles. The van der Waals surface area contributed by atoms with E-state index in [2.05, 4.69) is 25.7 Å². The quantitative estimate of drug-likeness (QED) is 0.493. The van der Waals surface area contributed by atoms with Gasteiger partial charge in [0.25, 0.3) is 0 Å². The van der Waals surface area contributed by atoms with Gasteiger partial charge in [-0.3, -0.25) is 4.90 Å². The lowest BCUT2D eigenvalue weighted by Crippen LogP contribution is -2.48. The van der Waals surface area contributed by atoms with Crippen molar-refractivity contribution in [2.45, 2.75) is 77.7 Å². The number of unbranched alkanes of at least 4 members (excludes halogenated alkanes) is 7.